The van der Waals surface area contributed by atoms with E-state index in [2.05, 4.69) is 575 Å². The van der Waals surface area contributed by atoms with Gasteiger partial charge in [0.05, 0.1) is 22.7 Å². The number of anilines is 18. The maximum absolute atomic E-state index is 2.43. The van der Waals surface area contributed by atoms with Crippen molar-refractivity contribution in [2.75, 3.05) is 29.4 Å². The number of benzene rings is 24. The molecule has 0 saturated carbocycles. The first kappa shape index (κ1) is 84.9. The van der Waals surface area contributed by atoms with Gasteiger partial charge in [0.15, 0.2) is 0 Å². The lowest BCUT2D eigenvalue weighted by Crippen LogP contribution is -2.13. The molecule has 24 aromatic carbocycles. The fourth-order valence-electron chi connectivity index (χ4n) is 21.3. The van der Waals surface area contributed by atoms with Crippen LogP contribution in [0.5, 0.6) is 0 Å². The van der Waals surface area contributed by atoms with Crippen molar-refractivity contribution in [2.45, 2.75) is 25.7 Å². The van der Waals surface area contributed by atoms with Gasteiger partial charge in [0.25, 0.3) is 0 Å². The van der Waals surface area contributed by atoms with Gasteiger partial charge in [-0.05, 0) is 306 Å². The van der Waals surface area contributed by atoms with E-state index in [1.807, 2.05) is 0 Å². The van der Waals surface area contributed by atoms with Gasteiger partial charge in [-0.3, -0.25) is 0 Å². The van der Waals surface area contributed by atoms with Crippen molar-refractivity contribution < 1.29 is 0 Å². The summed E-state index contributed by atoms with van der Waals surface area (Å²) in [6.45, 7) is 0. The average molecular weight is 1790 g/mol. The Hall–Kier alpha value is -18.1. The summed E-state index contributed by atoms with van der Waals surface area (Å²) in [4.78, 5) is 14.3. The van der Waals surface area contributed by atoms with Gasteiger partial charge in [-0.15, -0.1) is 0 Å². The highest BCUT2D eigenvalue weighted by molar-refractivity contribution is 6.12. The number of nitrogens with zero attached hydrogens (tertiary/aromatic N) is 6. The molecule has 0 bridgehead atoms. The number of para-hydroxylation sites is 6. The van der Waals surface area contributed by atoms with Gasteiger partial charge in [-0.25, -0.2) is 0 Å². The van der Waals surface area contributed by atoms with E-state index in [1.54, 1.807) is 0 Å². The Kier molecular flexibility index (Phi) is 23.0. The van der Waals surface area contributed by atoms with E-state index in [0.29, 0.717) is 0 Å². The lowest BCUT2D eigenvalue weighted by molar-refractivity contribution is 1.02. The van der Waals surface area contributed by atoms with Crippen LogP contribution in [0.1, 0.15) is 22.3 Å². The Morgan fingerprint density at radius 3 is 0.693 bits per heavy atom. The van der Waals surface area contributed by atoms with Crippen LogP contribution in [-0.4, -0.2) is 0 Å². The quantitative estimate of drug-likeness (QED) is 0.0752. The lowest BCUT2D eigenvalue weighted by atomic mass is 10.0. The maximum Gasteiger partial charge on any atom is 0.0541 e. The van der Waals surface area contributed by atoms with Crippen LogP contribution in [0.2, 0.25) is 0 Å². The highest BCUT2D eigenvalue weighted by Crippen LogP contribution is 2.51. The van der Waals surface area contributed by atoms with Gasteiger partial charge in [-0.2, -0.15) is 0 Å². The van der Waals surface area contributed by atoms with Crippen molar-refractivity contribution in [1.29, 1.82) is 0 Å². The monoisotopic (exact) mass is 1790 g/mol. The zero-order valence-corrected chi connectivity index (χ0v) is 77.5. The van der Waals surface area contributed by atoms with E-state index < -0.39 is 0 Å². The SMILES string of the molecule is c1ccc(N(c2ccc(-c3ccc(N(c4ccccc4)c4ccc5cccc6c5c4CC6)cc3)cc2)c2ccc3cccc4c3c2CC4)cc1.c1ccc(N(c2ccc(-c3ccc(N(c4ccccc4)c4ccc5ccccc5c4)cc3)cc2)c2ccc3ccccc3c2)cc1.c1ccc(N(c2cccc3ccccc23)c2cccc3c(N(c4ccccc4)c4cccc5ccccc45)cccc23)cc1. The summed E-state index contributed by atoms with van der Waals surface area (Å²) in [6.07, 6.45) is 4.35. The second kappa shape index (κ2) is 38.0. The molecule has 0 unspecified atom stereocenters. The third-order valence-electron chi connectivity index (χ3n) is 27.8. The topological polar surface area (TPSA) is 19.4 Å². The molecule has 2 aliphatic rings. The van der Waals surface area contributed by atoms with Crippen LogP contribution in [0.15, 0.2) is 546 Å². The zero-order valence-electron chi connectivity index (χ0n) is 77.5. The summed E-state index contributed by atoms with van der Waals surface area (Å²) >= 11 is 0. The first-order chi connectivity index (χ1) is 69.5. The number of aryl methyl sites for hydroxylation is 4. The summed E-state index contributed by atoms with van der Waals surface area (Å²) in [5.74, 6) is 0. The van der Waals surface area contributed by atoms with Crippen molar-refractivity contribution in [3.05, 3.63) is 568 Å². The third kappa shape index (κ3) is 16.6. The Labute approximate surface area is 817 Å². The fourth-order valence-corrected chi connectivity index (χ4v) is 21.3. The first-order valence-corrected chi connectivity index (χ1v) is 48.5. The summed E-state index contributed by atoms with van der Waals surface area (Å²) in [5, 5.41) is 17.7. The second-order valence-corrected chi connectivity index (χ2v) is 36.1. The standard InChI is InChI=1S/C48H36N2.C44H32N2.C42H30N2/c1-3-13-39(14-4-1)49(45-31-23-37-11-7-9-35-21-29-43(45)47(35)37)41-25-17-33(18-26-41)34-19-27-42(28-20-34)50(40-15-5-2-6-16-40)46-32-24-38-12-8-10-36-22-30-44(46)48(36)38;1-3-15-39(16-4-1)45(43-29-23-33-11-7-9-13-37(33)31-43)41-25-19-35(20-26-41)36-21-27-42(28-22-36)46(40-17-5-2-6-18-40)44-30-24-34-12-8-10-14-38(34)32-44;1-3-19-33(20-4-1)43(39-27-11-17-31-15-7-9-23-35(31)39)41-29-13-26-38-37(41)25-14-30-42(38)44(34-21-5-2-6-22-34)40-28-12-18-32-16-8-10-24-36(32)40/h1-20,23-28,31-32H,21-22,29-30H2;1-32H;1-30H. The molecule has 26 rings (SSSR count). The van der Waals surface area contributed by atoms with Crippen molar-refractivity contribution in [2.24, 2.45) is 0 Å². The van der Waals surface area contributed by atoms with Gasteiger partial charge in [0, 0.05) is 101 Å². The van der Waals surface area contributed by atoms with Crippen molar-refractivity contribution in [3.8, 4) is 22.3 Å². The van der Waals surface area contributed by atoms with Gasteiger partial charge >= 0.3 is 0 Å². The predicted octanol–water partition coefficient (Wildman–Crippen LogP) is 37.5. The number of hydrogen-bond acceptors (Lipinski definition) is 6. The Bertz CT molecular complexity index is 8080. The molecule has 0 radical (unpaired) electrons. The second-order valence-electron chi connectivity index (χ2n) is 36.1. The molecule has 24 aromatic rings. The summed E-state index contributed by atoms with van der Waals surface area (Å²) in [6, 6.07) is 197. The smallest absolute Gasteiger partial charge is 0.0541 e. The van der Waals surface area contributed by atoms with Crippen LogP contribution in [0, 0.1) is 0 Å². The van der Waals surface area contributed by atoms with Gasteiger partial charge < -0.3 is 29.4 Å². The predicted molar refractivity (Wildman–Crippen MR) is 596 cm³/mol. The van der Waals surface area contributed by atoms with Crippen molar-refractivity contribution >= 4 is 178 Å². The minimum Gasteiger partial charge on any atom is -0.310 e. The molecule has 6 nitrogen and oxygen atoms in total. The van der Waals surface area contributed by atoms with E-state index in [0.717, 1.165) is 93.9 Å². The highest BCUT2D eigenvalue weighted by atomic mass is 15.2. The average Bonchev–Trinajstić information content (AvgIpc) is 0.798. The zero-order chi connectivity index (χ0) is 93.0. The number of fused-ring (bicyclic) bond motifs is 5. The molecule has 0 saturated heterocycles. The molecule has 140 heavy (non-hydrogen) atoms. The summed E-state index contributed by atoms with van der Waals surface area (Å²) in [7, 11) is 0. The first-order valence-electron chi connectivity index (χ1n) is 48.5. The molecular weight excluding hydrogens is 1690 g/mol. The van der Waals surface area contributed by atoms with Crippen molar-refractivity contribution in [1.82, 2.24) is 0 Å². The lowest BCUT2D eigenvalue weighted by Gasteiger charge is -2.30. The highest BCUT2D eigenvalue weighted by Gasteiger charge is 2.28. The molecule has 0 heterocycles. The van der Waals surface area contributed by atoms with Crippen LogP contribution in [-0.2, 0) is 25.7 Å². The molecule has 0 spiro atoms. The fraction of sp³-hybridized carbons (Fsp3) is 0.0299. The molecule has 664 valence electrons. The van der Waals surface area contributed by atoms with E-state index in [9.17, 15) is 0 Å². The van der Waals surface area contributed by atoms with E-state index in [4.69, 9.17) is 0 Å². The Morgan fingerprint density at radius 2 is 0.350 bits per heavy atom. The summed E-state index contributed by atoms with van der Waals surface area (Å²) in [5.41, 5.74) is 31.4. The normalized spacial score (nSPS) is 11.7. The van der Waals surface area contributed by atoms with Crippen LogP contribution < -0.4 is 29.4 Å². The summed E-state index contributed by atoms with van der Waals surface area (Å²) < 4.78 is 0. The third-order valence-corrected chi connectivity index (χ3v) is 27.8. The van der Waals surface area contributed by atoms with Gasteiger partial charge in [0.2, 0.25) is 0 Å². The van der Waals surface area contributed by atoms with Crippen LogP contribution in [0.4, 0.5) is 102 Å². The number of hydrogen-bond donors (Lipinski definition) is 0. The molecule has 2 aliphatic carbocycles. The molecule has 0 aromatic heterocycles. The van der Waals surface area contributed by atoms with Crippen molar-refractivity contribution in [3.63, 3.8) is 0 Å². The molecule has 6 heteroatoms. The minimum absolute atomic E-state index is 1.07. The molecule has 0 atom stereocenters. The molecule has 0 amide bonds. The largest absolute Gasteiger partial charge is 0.310 e. The Balaban J connectivity index is 0.000000114. The van der Waals surface area contributed by atoms with E-state index >= 15 is 0 Å². The van der Waals surface area contributed by atoms with Crippen LogP contribution in [0.25, 0.3) is 97.7 Å². The van der Waals surface area contributed by atoms with Gasteiger partial charge in [0.1, 0.15) is 0 Å². The van der Waals surface area contributed by atoms with Crippen LogP contribution in [0.3, 0.4) is 0 Å². The molecular formula is C134H98N6. The molecule has 0 fully saturated rings. The maximum atomic E-state index is 2.43. The minimum atomic E-state index is 1.07. The molecule has 0 aliphatic heterocycles. The Morgan fingerprint density at radius 1 is 0.121 bits per heavy atom. The van der Waals surface area contributed by atoms with E-state index in [-0.39, 0.29) is 0 Å². The number of rotatable bonds is 20. The van der Waals surface area contributed by atoms with E-state index in [1.165, 1.54) is 154 Å². The van der Waals surface area contributed by atoms with Crippen LogP contribution >= 0.6 is 0 Å². The molecule has 0 N–H and O–H groups in total. The van der Waals surface area contributed by atoms with Gasteiger partial charge in [-0.1, -0.05) is 364 Å².